The zero-order chi connectivity index (χ0) is 8.36. The molecule has 0 saturated heterocycles. The second kappa shape index (κ2) is 3.45. The first-order valence-electron chi connectivity index (χ1n) is 3.40. The molecule has 0 aromatic heterocycles. The fourth-order valence-electron chi connectivity index (χ4n) is 0.431. The molecule has 0 rings (SSSR count). The standard InChI is InChI=1S/C6H13NO2/c1-3-4(2)5(7)6(8)9/h4-5H,3,7H2,1-2H3,(H,8,9)/t4?,5-/m0/s1/i4D. The van der Waals surface area contributed by atoms with E-state index in [4.69, 9.17) is 12.2 Å². The van der Waals surface area contributed by atoms with Gasteiger partial charge >= 0.3 is 5.97 Å². The minimum absolute atomic E-state index is 0.445. The lowest BCUT2D eigenvalue weighted by Gasteiger charge is -2.11. The molecule has 0 amide bonds. The van der Waals surface area contributed by atoms with Gasteiger partial charge in [-0.2, -0.15) is 0 Å². The molecule has 0 aliphatic heterocycles. The van der Waals surface area contributed by atoms with E-state index in [0.717, 1.165) is 0 Å². The van der Waals surface area contributed by atoms with Crippen molar-refractivity contribution in [1.82, 2.24) is 0 Å². The lowest BCUT2D eigenvalue weighted by molar-refractivity contribution is -0.139. The van der Waals surface area contributed by atoms with E-state index in [-0.39, 0.29) is 0 Å². The van der Waals surface area contributed by atoms with Crippen molar-refractivity contribution in [3.8, 4) is 0 Å². The Bertz CT molecular complexity index is 136. The van der Waals surface area contributed by atoms with Crippen molar-refractivity contribution in [3.63, 3.8) is 0 Å². The lowest BCUT2D eigenvalue weighted by atomic mass is 10.0. The first-order valence-corrected chi connectivity index (χ1v) is 2.90. The van der Waals surface area contributed by atoms with E-state index in [9.17, 15) is 4.79 Å². The van der Waals surface area contributed by atoms with E-state index < -0.39 is 17.9 Å². The van der Waals surface area contributed by atoms with Crippen LogP contribution < -0.4 is 5.73 Å². The van der Waals surface area contributed by atoms with Gasteiger partial charge in [0, 0.05) is 1.37 Å². The zero-order valence-corrected chi connectivity index (χ0v) is 5.72. The maximum Gasteiger partial charge on any atom is 0.320 e. The Morgan fingerprint density at radius 1 is 2.00 bits per heavy atom. The van der Waals surface area contributed by atoms with Crippen LogP contribution in [0.4, 0.5) is 0 Å². The molecule has 2 atom stereocenters. The van der Waals surface area contributed by atoms with Crippen LogP contribution >= 0.6 is 0 Å². The van der Waals surface area contributed by atoms with E-state index in [1.807, 2.05) is 0 Å². The predicted octanol–water partition coefficient (Wildman–Crippen LogP) is 0.444. The van der Waals surface area contributed by atoms with Crippen LogP contribution in [0.1, 0.15) is 21.6 Å². The van der Waals surface area contributed by atoms with Gasteiger partial charge in [0.1, 0.15) is 6.04 Å². The molecule has 0 aliphatic carbocycles. The molecule has 0 spiro atoms. The number of rotatable bonds is 3. The van der Waals surface area contributed by atoms with Gasteiger partial charge in [0.2, 0.25) is 0 Å². The highest BCUT2D eigenvalue weighted by molar-refractivity contribution is 5.73. The summed E-state index contributed by atoms with van der Waals surface area (Å²) >= 11 is 0. The Balaban J connectivity index is 4.17. The first-order chi connectivity index (χ1) is 4.41. The Hall–Kier alpha value is -0.570. The molecule has 9 heavy (non-hydrogen) atoms. The SMILES string of the molecule is [2H]C(C)(CC)[C@H](N)C(=O)O. The van der Waals surface area contributed by atoms with Crippen molar-refractivity contribution in [2.45, 2.75) is 26.3 Å². The quantitative estimate of drug-likeness (QED) is 0.585. The fraction of sp³-hybridized carbons (Fsp3) is 0.833. The van der Waals surface area contributed by atoms with Crippen molar-refractivity contribution in [3.05, 3.63) is 0 Å². The summed E-state index contributed by atoms with van der Waals surface area (Å²) < 4.78 is 7.41. The van der Waals surface area contributed by atoms with Gasteiger partial charge in [0.05, 0.1) is 0 Å². The Labute approximate surface area is 56.3 Å². The fourth-order valence-corrected chi connectivity index (χ4v) is 0.431. The van der Waals surface area contributed by atoms with Crippen LogP contribution in [-0.2, 0) is 4.79 Å². The molecule has 0 radical (unpaired) electrons. The number of carbonyl (C=O) groups is 1. The molecular weight excluding hydrogens is 118 g/mol. The van der Waals surface area contributed by atoms with Gasteiger partial charge in [-0.05, 0) is 5.89 Å². The number of nitrogens with two attached hydrogens (primary N) is 1. The molecule has 0 bridgehead atoms. The third-order valence-electron chi connectivity index (χ3n) is 1.35. The summed E-state index contributed by atoms with van der Waals surface area (Å²) in [5, 5.41) is 8.40. The monoisotopic (exact) mass is 132 g/mol. The third kappa shape index (κ3) is 2.46. The summed E-state index contributed by atoms with van der Waals surface area (Å²) in [5.74, 6) is -2.16. The molecule has 3 N–H and O–H groups in total. The molecule has 0 fully saturated rings. The number of carboxylic acid groups (broad SMARTS) is 1. The van der Waals surface area contributed by atoms with Crippen molar-refractivity contribution in [1.29, 1.82) is 0 Å². The molecule has 0 aromatic rings. The van der Waals surface area contributed by atoms with Crippen molar-refractivity contribution in [2.75, 3.05) is 0 Å². The molecular formula is C6H13NO2. The summed E-state index contributed by atoms with van der Waals surface area (Å²) in [6, 6.07) is -1.09. The third-order valence-corrected chi connectivity index (χ3v) is 1.35. The summed E-state index contributed by atoms with van der Waals surface area (Å²) in [6.07, 6.45) is 0.445. The molecule has 54 valence electrons. The van der Waals surface area contributed by atoms with Crippen molar-refractivity contribution < 1.29 is 11.3 Å². The summed E-state index contributed by atoms with van der Waals surface area (Å²) in [7, 11) is 0. The molecule has 0 saturated carbocycles. The van der Waals surface area contributed by atoms with E-state index in [0.29, 0.717) is 6.42 Å². The van der Waals surface area contributed by atoms with Gasteiger partial charge in [-0.25, -0.2) is 0 Å². The highest BCUT2D eigenvalue weighted by Crippen LogP contribution is 2.04. The highest BCUT2D eigenvalue weighted by atomic mass is 16.4. The largest absolute Gasteiger partial charge is 0.480 e. The molecule has 3 nitrogen and oxygen atoms in total. The minimum Gasteiger partial charge on any atom is -0.480 e. The Morgan fingerprint density at radius 3 is 2.56 bits per heavy atom. The van der Waals surface area contributed by atoms with Gasteiger partial charge < -0.3 is 10.8 Å². The number of carboxylic acids is 1. The maximum absolute atomic E-state index is 10.3. The van der Waals surface area contributed by atoms with Gasteiger partial charge in [-0.3, -0.25) is 4.79 Å². The molecule has 0 heterocycles. The topological polar surface area (TPSA) is 63.3 Å². The van der Waals surface area contributed by atoms with E-state index in [1.165, 1.54) is 6.92 Å². The van der Waals surface area contributed by atoms with Crippen LogP contribution in [0.25, 0.3) is 0 Å². The summed E-state index contributed by atoms with van der Waals surface area (Å²) in [4.78, 5) is 10.3. The van der Waals surface area contributed by atoms with Crippen LogP contribution in [0.2, 0.25) is 0 Å². The molecule has 3 heteroatoms. The van der Waals surface area contributed by atoms with Crippen molar-refractivity contribution >= 4 is 5.97 Å². The summed E-state index contributed by atoms with van der Waals surface area (Å²) in [5.41, 5.74) is 5.22. The Morgan fingerprint density at radius 2 is 2.44 bits per heavy atom. The van der Waals surface area contributed by atoms with Gasteiger partial charge in [0.15, 0.2) is 0 Å². The van der Waals surface area contributed by atoms with Crippen LogP contribution in [0.5, 0.6) is 0 Å². The normalized spacial score (nSPS) is 21.9. The molecule has 0 aromatic carbocycles. The van der Waals surface area contributed by atoms with Gasteiger partial charge in [-0.1, -0.05) is 20.3 Å². The Kier molecular flexibility index (Phi) is 2.51. The summed E-state index contributed by atoms with van der Waals surface area (Å²) in [6.45, 7) is 3.27. The van der Waals surface area contributed by atoms with Gasteiger partial charge in [-0.15, -0.1) is 0 Å². The van der Waals surface area contributed by atoms with Crippen molar-refractivity contribution in [2.24, 2.45) is 11.6 Å². The van der Waals surface area contributed by atoms with Crippen LogP contribution in [0.15, 0.2) is 0 Å². The smallest absolute Gasteiger partial charge is 0.320 e. The number of aliphatic carboxylic acids is 1. The van der Waals surface area contributed by atoms with E-state index in [1.54, 1.807) is 6.92 Å². The predicted molar refractivity (Wildman–Crippen MR) is 35.1 cm³/mol. The van der Waals surface area contributed by atoms with Crippen LogP contribution in [-0.4, -0.2) is 17.1 Å². The first kappa shape index (κ1) is 6.55. The average Bonchev–Trinajstić information content (AvgIpc) is 1.86. The lowest BCUT2D eigenvalue weighted by Crippen LogP contribution is -2.36. The second-order valence-corrected chi connectivity index (χ2v) is 2.02. The van der Waals surface area contributed by atoms with E-state index >= 15 is 0 Å². The minimum atomic E-state index is -1.11. The molecule has 1 unspecified atom stereocenters. The van der Waals surface area contributed by atoms with Gasteiger partial charge in [0.25, 0.3) is 0 Å². The molecule has 0 aliphatic rings. The highest BCUT2D eigenvalue weighted by Gasteiger charge is 2.17. The van der Waals surface area contributed by atoms with Crippen LogP contribution in [0.3, 0.4) is 0 Å². The van der Waals surface area contributed by atoms with Crippen LogP contribution in [0, 0.1) is 5.89 Å². The maximum atomic E-state index is 10.3. The zero-order valence-electron chi connectivity index (χ0n) is 6.72. The number of hydrogen-bond donors (Lipinski definition) is 2. The average molecular weight is 132 g/mol. The van der Waals surface area contributed by atoms with E-state index in [2.05, 4.69) is 0 Å². The number of hydrogen-bond acceptors (Lipinski definition) is 2. The second-order valence-electron chi connectivity index (χ2n) is 2.02.